The van der Waals surface area contributed by atoms with Crippen LogP contribution in [0.4, 0.5) is 0 Å². The van der Waals surface area contributed by atoms with Gasteiger partial charge in [-0.15, -0.1) is 11.3 Å². The molecule has 0 aliphatic rings. The topological polar surface area (TPSA) is 63.8 Å². The highest BCUT2D eigenvalue weighted by Crippen LogP contribution is 2.46. The van der Waals surface area contributed by atoms with Crippen LogP contribution >= 0.6 is 11.3 Å². The first-order chi connectivity index (χ1) is 31.7. The van der Waals surface area contributed by atoms with Gasteiger partial charge in [-0.3, -0.25) is 9.55 Å². The zero-order chi connectivity index (χ0) is 47.7. The molecule has 6 heteroatoms. The highest BCUT2D eigenvalue weighted by Gasteiger charge is 2.30. The minimum atomic E-state index is -0.318. The molecule has 3 aromatic heterocycles. The molecular formula is C61H64N4OS. The van der Waals surface area contributed by atoms with Gasteiger partial charge in [0.25, 0.3) is 0 Å². The number of hydrogen-bond donors (Lipinski definition) is 1. The Labute approximate surface area is 401 Å². The fourth-order valence-corrected chi connectivity index (χ4v) is 10.4. The Morgan fingerprint density at radius 3 is 1.82 bits per heavy atom. The van der Waals surface area contributed by atoms with E-state index in [-0.39, 0.29) is 22.0 Å². The highest BCUT2D eigenvalue weighted by atomic mass is 32.1. The number of pyridine rings is 1. The first-order valence-electron chi connectivity index (χ1n) is 23.8. The maximum Gasteiger partial charge on any atom is 0.149 e. The van der Waals surface area contributed by atoms with Crippen molar-refractivity contribution in [1.82, 2.24) is 19.5 Å². The van der Waals surface area contributed by atoms with E-state index >= 15 is 0 Å². The third-order valence-corrected chi connectivity index (χ3v) is 14.2. The monoisotopic (exact) mass is 900 g/mol. The van der Waals surface area contributed by atoms with Gasteiger partial charge in [0, 0.05) is 27.8 Å². The van der Waals surface area contributed by atoms with E-state index in [9.17, 15) is 5.11 Å². The van der Waals surface area contributed by atoms with E-state index < -0.39 is 0 Å². The fourth-order valence-electron chi connectivity index (χ4n) is 9.36. The molecule has 0 bridgehead atoms. The molecule has 0 aliphatic carbocycles. The van der Waals surface area contributed by atoms with Crippen molar-refractivity contribution >= 4 is 32.6 Å². The number of phenols is 1. The number of hydrogen-bond acceptors (Lipinski definition) is 5. The summed E-state index contributed by atoms with van der Waals surface area (Å²) in [5.41, 5.74) is 17.1. The molecule has 9 rings (SSSR count). The Hall–Kier alpha value is -6.37. The average Bonchev–Trinajstić information content (AvgIpc) is 3.89. The molecule has 3 heterocycles. The summed E-state index contributed by atoms with van der Waals surface area (Å²) in [4.78, 5) is 16.0. The molecular weight excluding hydrogens is 837 g/mol. The van der Waals surface area contributed by atoms with Crippen molar-refractivity contribution in [2.75, 3.05) is 0 Å². The first-order valence-corrected chi connectivity index (χ1v) is 24.6. The van der Waals surface area contributed by atoms with E-state index in [0.717, 1.165) is 76.6 Å². The maximum atomic E-state index is 12.5. The Bertz CT molecular complexity index is 3290. The second-order valence-electron chi connectivity index (χ2n) is 22.0. The summed E-state index contributed by atoms with van der Waals surface area (Å²) in [5.74, 6) is 1.70. The number of aromatic nitrogens is 4. The standard InChI is InChI=1S/C61H64N4OS/c1-36(2)43-24-19-25-44(37(3)4)54(43)58-63-50-35-62-49(34-53(50)67-58)40-29-39(30-41(31-40)59(5,6)7)46-26-20-28-52-55(46)64-57(47-32-42(60(8,9)10)33-48(56(47)66)61(11,12)13)65(52)51-27-18-17-23-45(51)38-21-15-14-16-22-38/h14-37,66H,1-13H3. The van der Waals surface area contributed by atoms with E-state index in [0.29, 0.717) is 23.2 Å². The summed E-state index contributed by atoms with van der Waals surface area (Å²) in [6.07, 6.45) is 1.95. The van der Waals surface area contributed by atoms with Crippen molar-refractivity contribution in [3.05, 3.63) is 161 Å². The van der Waals surface area contributed by atoms with Crippen LogP contribution in [0.3, 0.4) is 0 Å². The second-order valence-corrected chi connectivity index (χ2v) is 23.0. The van der Waals surface area contributed by atoms with Crippen LogP contribution in [0.25, 0.3) is 82.4 Å². The van der Waals surface area contributed by atoms with Crippen molar-refractivity contribution in [2.45, 2.75) is 118 Å². The smallest absolute Gasteiger partial charge is 0.149 e. The lowest BCUT2D eigenvalue weighted by Crippen LogP contribution is -2.17. The van der Waals surface area contributed by atoms with Crippen LogP contribution in [-0.2, 0) is 16.2 Å². The van der Waals surface area contributed by atoms with Crippen LogP contribution in [0.15, 0.2) is 134 Å². The predicted octanol–water partition coefficient (Wildman–Crippen LogP) is 17.2. The molecule has 6 aromatic carbocycles. The van der Waals surface area contributed by atoms with Gasteiger partial charge in [-0.2, -0.15) is 0 Å². The van der Waals surface area contributed by atoms with Gasteiger partial charge in [0.05, 0.1) is 38.9 Å². The van der Waals surface area contributed by atoms with Crippen LogP contribution in [0.5, 0.6) is 5.75 Å². The minimum Gasteiger partial charge on any atom is -0.507 e. The lowest BCUT2D eigenvalue weighted by Gasteiger charge is -2.27. The van der Waals surface area contributed by atoms with Crippen molar-refractivity contribution in [3.63, 3.8) is 0 Å². The number of aromatic hydroxyl groups is 1. The first kappa shape index (κ1) is 45.8. The quantitative estimate of drug-likeness (QED) is 0.165. The van der Waals surface area contributed by atoms with E-state index in [1.807, 2.05) is 6.20 Å². The van der Waals surface area contributed by atoms with Crippen LogP contribution < -0.4 is 0 Å². The Morgan fingerprint density at radius 2 is 1.16 bits per heavy atom. The summed E-state index contributed by atoms with van der Waals surface area (Å²) in [6.45, 7) is 29.1. The number of thiazole rings is 1. The number of fused-ring (bicyclic) bond motifs is 2. The van der Waals surface area contributed by atoms with Gasteiger partial charge in [-0.05, 0) is 97.9 Å². The molecule has 0 amide bonds. The predicted molar refractivity (Wildman–Crippen MR) is 285 cm³/mol. The van der Waals surface area contributed by atoms with Crippen molar-refractivity contribution in [1.29, 1.82) is 0 Å². The third kappa shape index (κ3) is 8.61. The molecule has 5 nitrogen and oxygen atoms in total. The molecule has 0 radical (unpaired) electrons. The SMILES string of the molecule is CC(C)c1cccc(C(C)C)c1-c1nc2cnc(-c3cc(-c4cccc5c4nc(-c4cc(C(C)(C)C)cc(C(C)(C)C)c4O)n5-c4ccccc4-c4ccccc4)cc(C(C)(C)C)c3)cc2s1. The minimum absolute atomic E-state index is 0.157. The van der Waals surface area contributed by atoms with Crippen LogP contribution in [-0.4, -0.2) is 24.6 Å². The van der Waals surface area contributed by atoms with Gasteiger partial charge in [0.2, 0.25) is 0 Å². The van der Waals surface area contributed by atoms with Gasteiger partial charge in [-0.25, -0.2) is 9.97 Å². The van der Waals surface area contributed by atoms with Gasteiger partial charge < -0.3 is 5.11 Å². The average molecular weight is 901 g/mol. The van der Waals surface area contributed by atoms with Gasteiger partial charge in [0.15, 0.2) is 0 Å². The van der Waals surface area contributed by atoms with Crippen molar-refractivity contribution in [3.8, 4) is 66.9 Å². The summed E-state index contributed by atoms with van der Waals surface area (Å²) in [6, 6.07) is 45.7. The summed E-state index contributed by atoms with van der Waals surface area (Å²) < 4.78 is 3.38. The van der Waals surface area contributed by atoms with Crippen molar-refractivity contribution in [2.24, 2.45) is 0 Å². The Balaban J connectivity index is 1.29. The number of nitrogens with zero attached hydrogens (tertiary/aromatic N) is 4. The normalized spacial score (nSPS) is 12.6. The van der Waals surface area contributed by atoms with E-state index in [1.54, 1.807) is 11.3 Å². The van der Waals surface area contributed by atoms with E-state index in [1.165, 1.54) is 22.3 Å². The molecule has 0 fully saturated rings. The molecule has 0 saturated heterocycles. The number of rotatable bonds is 8. The third-order valence-electron chi connectivity index (χ3n) is 13.2. The number of imidazole rings is 1. The summed E-state index contributed by atoms with van der Waals surface area (Å²) in [5, 5.41) is 13.5. The molecule has 0 saturated carbocycles. The lowest BCUT2D eigenvalue weighted by molar-refractivity contribution is 0.446. The van der Waals surface area contributed by atoms with E-state index in [2.05, 4.69) is 222 Å². The fraction of sp³-hybridized carbons (Fsp3) is 0.295. The zero-order valence-electron chi connectivity index (χ0n) is 41.5. The number of para-hydroxylation sites is 2. The molecule has 0 aliphatic heterocycles. The van der Waals surface area contributed by atoms with Gasteiger partial charge in [-0.1, -0.05) is 181 Å². The van der Waals surface area contributed by atoms with Crippen LogP contribution in [0.2, 0.25) is 0 Å². The zero-order valence-corrected chi connectivity index (χ0v) is 42.3. The van der Waals surface area contributed by atoms with Gasteiger partial charge in [0.1, 0.15) is 22.1 Å². The van der Waals surface area contributed by atoms with Crippen molar-refractivity contribution < 1.29 is 5.11 Å². The van der Waals surface area contributed by atoms with Gasteiger partial charge >= 0.3 is 0 Å². The molecule has 0 unspecified atom stereocenters. The Kier molecular flexibility index (Phi) is 11.7. The summed E-state index contributed by atoms with van der Waals surface area (Å²) >= 11 is 1.76. The molecule has 0 atom stereocenters. The van der Waals surface area contributed by atoms with Crippen LogP contribution in [0.1, 0.15) is 130 Å². The lowest BCUT2D eigenvalue weighted by atomic mass is 9.79. The molecule has 0 spiro atoms. The Morgan fingerprint density at radius 1 is 0.552 bits per heavy atom. The molecule has 9 aromatic rings. The molecule has 1 N–H and O–H groups in total. The van der Waals surface area contributed by atoms with E-state index in [4.69, 9.17) is 15.0 Å². The second kappa shape index (κ2) is 17.1. The number of benzene rings is 6. The highest BCUT2D eigenvalue weighted by molar-refractivity contribution is 7.21. The largest absolute Gasteiger partial charge is 0.507 e. The maximum absolute atomic E-state index is 12.5. The van der Waals surface area contributed by atoms with Crippen LogP contribution in [0, 0.1) is 0 Å². The number of phenolic OH excluding ortho intramolecular Hbond substituents is 1. The molecule has 67 heavy (non-hydrogen) atoms. The summed E-state index contributed by atoms with van der Waals surface area (Å²) in [7, 11) is 0. The molecule has 340 valence electrons.